The predicted octanol–water partition coefficient (Wildman–Crippen LogP) is 9.25. The van der Waals surface area contributed by atoms with Gasteiger partial charge < -0.3 is 24.4 Å². The van der Waals surface area contributed by atoms with Gasteiger partial charge in [0.05, 0.1) is 19.7 Å². The Kier molecular flexibility index (Phi) is 11.4. The zero-order chi connectivity index (χ0) is 33.2. The number of carbonyl (C=O) groups excluding carboxylic acids is 2. The molecule has 8 heteroatoms. The maximum absolute atomic E-state index is 14.2. The van der Waals surface area contributed by atoms with E-state index in [9.17, 15) is 9.59 Å². The van der Waals surface area contributed by atoms with Crippen LogP contribution < -0.4 is 24.4 Å². The zero-order valence-corrected chi connectivity index (χ0v) is 28.1. The maximum atomic E-state index is 14.2. The van der Waals surface area contributed by atoms with Gasteiger partial charge in [0, 0.05) is 35.6 Å². The summed E-state index contributed by atoms with van der Waals surface area (Å²) < 4.78 is 17.2. The molecule has 0 saturated heterocycles. The van der Waals surface area contributed by atoms with Crippen LogP contribution in [0.2, 0.25) is 0 Å². The standard InChI is InChI=1S/C39H47N3O5/c1-5-6-7-8-9-10-11-12-25-42(38(44)39(22-23-39)37(43)41-29-15-13-28(2)14-16-29)30-17-19-31(20-18-30)47-34-21-24-40-33-27-36(46-4)35(45-3)26-32(33)34/h13-21,24,26-27H,5-12,22-23,25H2,1-4H3,(H,41,43). The van der Waals surface area contributed by atoms with Crippen molar-refractivity contribution < 1.29 is 23.8 Å². The minimum atomic E-state index is -1.05. The third-order valence-electron chi connectivity index (χ3n) is 8.97. The topological polar surface area (TPSA) is 90.0 Å². The molecule has 47 heavy (non-hydrogen) atoms. The molecule has 1 saturated carbocycles. The fourth-order valence-electron chi connectivity index (χ4n) is 5.92. The predicted molar refractivity (Wildman–Crippen MR) is 188 cm³/mol. The molecule has 0 radical (unpaired) electrons. The molecule has 0 unspecified atom stereocenters. The summed E-state index contributed by atoms with van der Waals surface area (Å²) in [5, 5.41) is 3.79. The molecule has 8 nitrogen and oxygen atoms in total. The van der Waals surface area contributed by atoms with Crippen LogP contribution >= 0.6 is 0 Å². The number of hydrogen-bond acceptors (Lipinski definition) is 6. The number of unbranched alkanes of at least 4 members (excludes halogenated alkanes) is 7. The minimum absolute atomic E-state index is 0.139. The van der Waals surface area contributed by atoms with Gasteiger partial charge >= 0.3 is 0 Å². The van der Waals surface area contributed by atoms with Crippen LogP contribution in [0, 0.1) is 12.3 Å². The second-order valence-corrected chi connectivity index (χ2v) is 12.5. The van der Waals surface area contributed by atoms with Crippen LogP contribution in [0.1, 0.15) is 76.7 Å². The van der Waals surface area contributed by atoms with Crippen molar-refractivity contribution in [2.75, 3.05) is 31.0 Å². The smallest absolute Gasteiger partial charge is 0.242 e. The molecular formula is C39H47N3O5. The molecular weight excluding hydrogens is 590 g/mol. The number of anilines is 2. The minimum Gasteiger partial charge on any atom is -0.493 e. The van der Waals surface area contributed by atoms with Gasteiger partial charge in [0.25, 0.3) is 0 Å². The number of ether oxygens (including phenoxy) is 3. The monoisotopic (exact) mass is 637 g/mol. The zero-order valence-electron chi connectivity index (χ0n) is 28.1. The van der Waals surface area contributed by atoms with E-state index in [1.807, 2.05) is 78.6 Å². The first kappa shape index (κ1) is 33.8. The highest BCUT2D eigenvalue weighted by Gasteiger charge is 2.58. The number of rotatable bonds is 17. The number of aromatic nitrogens is 1. The number of fused-ring (bicyclic) bond motifs is 1. The molecule has 1 N–H and O–H groups in total. The summed E-state index contributed by atoms with van der Waals surface area (Å²) in [4.78, 5) is 34.0. The van der Waals surface area contributed by atoms with Crippen molar-refractivity contribution in [1.29, 1.82) is 0 Å². The van der Waals surface area contributed by atoms with Gasteiger partial charge in [-0.05, 0) is 74.7 Å². The third kappa shape index (κ3) is 8.23. The van der Waals surface area contributed by atoms with Crippen molar-refractivity contribution in [2.45, 2.75) is 78.1 Å². The summed E-state index contributed by atoms with van der Waals surface area (Å²) in [6.45, 7) is 4.79. The van der Waals surface area contributed by atoms with Crippen molar-refractivity contribution >= 4 is 34.1 Å². The lowest BCUT2D eigenvalue weighted by atomic mass is 10.0. The first-order valence-electron chi connectivity index (χ1n) is 16.9. The Bertz CT molecular complexity index is 1650. The van der Waals surface area contributed by atoms with Crippen LogP contribution in [-0.2, 0) is 9.59 Å². The number of nitrogens with zero attached hydrogens (tertiary/aromatic N) is 2. The Labute approximate surface area is 278 Å². The Hall–Kier alpha value is -4.59. The molecule has 1 aliphatic carbocycles. The molecule has 3 aromatic carbocycles. The molecule has 248 valence electrons. The second kappa shape index (κ2) is 15.8. The number of benzene rings is 3. The summed E-state index contributed by atoms with van der Waals surface area (Å²) in [6, 6.07) is 20.7. The van der Waals surface area contributed by atoms with E-state index in [1.165, 1.54) is 32.1 Å². The molecule has 1 fully saturated rings. The van der Waals surface area contributed by atoms with E-state index >= 15 is 0 Å². The largest absolute Gasteiger partial charge is 0.493 e. The number of hydrogen-bond donors (Lipinski definition) is 1. The molecule has 4 aromatic rings. The second-order valence-electron chi connectivity index (χ2n) is 12.5. The molecule has 0 spiro atoms. The molecule has 0 aliphatic heterocycles. The summed E-state index contributed by atoms with van der Waals surface area (Å²) in [5.74, 6) is 2.05. The molecule has 0 bridgehead atoms. The number of methoxy groups -OCH3 is 2. The molecule has 1 heterocycles. The van der Waals surface area contributed by atoms with Crippen molar-refractivity contribution in [2.24, 2.45) is 5.41 Å². The first-order valence-corrected chi connectivity index (χ1v) is 16.9. The highest BCUT2D eigenvalue weighted by molar-refractivity contribution is 6.17. The van der Waals surface area contributed by atoms with Crippen LogP contribution in [-0.4, -0.2) is 37.6 Å². The number of amides is 2. The molecule has 1 aliphatic rings. The first-order chi connectivity index (χ1) is 22.9. The van der Waals surface area contributed by atoms with Gasteiger partial charge in [-0.1, -0.05) is 69.6 Å². The van der Waals surface area contributed by atoms with Gasteiger partial charge in [-0.25, -0.2) is 0 Å². The van der Waals surface area contributed by atoms with E-state index in [2.05, 4.69) is 17.2 Å². The van der Waals surface area contributed by atoms with Crippen LogP contribution in [0.5, 0.6) is 23.0 Å². The molecule has 0 atom stereocenters. The number of nitrogens with one attached hydrogen (secondary N) is 1. The van der Waals surface area contributed by atoms with Crippen molar-refractivity contribution in [3.8, 4) is 23.0 Å². The van der Waals surface area contributed by atoms with E-state index in [1.54, 1.807) is 20.4 Å². The quantitative estimate of drug-likeness (QED) is 0.0917. The Balaban J connectivity index is 1.32. The van der Waals surface area contributed by atoms with Crippen molar-refractivity contribution in [3.63, 3.8) is 0 Å². The highest BCUT2D eigenvalue weighted by atomic mass is 16.5. The lowest BCUT2D eigenvalue weighted by molar-refractivity contribution is -0.132. The van der Waals surface area contributed by atoms with E-state index < -0.39 is 5.41 Å². The Morgan fingerprint density at radius 2 is 1.45 bits per heavy atom. The van der Waals surface area contributed by atoms with Crippen LogP contribution in [0.3, 0.4) is 0 Å². The Morgan fingerprint density at radius 3 is 2.09 bits per heavy atom. The van der Waals surface area contributed by atoms with E-state index in [0.29, 0.717) is 48.1 Å². The number of pyridine rings is 1. The average Bonchev–Trinajstić information content (AvgIpc) is 3.91. The van der Waals surface area contributed by atoms with E-state index in [0.717, 1.165) is 41.4 Å². The summed E-state index contributed by atoms with van der Waals surface area (Å²) >= 11 is 0. The average molecular weight is 638 g/mol. The van der Waals surface area contributed by atoms with Crippen LogP contribution in [0.4, 0.5) is 11.4 Å². The Morgan fingerprint density at radius 1 is 0.809 bits per heavy atom. The van der Waals surface area contributed by atoms with Gasteiger partial charge in [-0.15, -0.1) is 0 Å². The SMILES string of the molecule is CCCCCCCCCCN(C(=O)C1(C(=O)Nc2ccc(C)cc2)CC1)c1ccc(Oc2ccnc3cc(OC)c(OC)cc23)cc1. The summed E-state index contributed by atoms with van der Waals surface area (Å²) in [7, 11) is 3.19. The molecule has 1 aromatic heterocycles. The molecule has 5 rings (SSSR count). The van der Waals surface area contributed by atoms with Gasteiger partial charge in [0.15, 0.2) is 11.5 Å². The van der Waals surface area contributed by atoms with Gasteiger partial charge in [0.1, 0.15) is 16.9 Å². The molecule has 2 amide bonds. The van der Waals surface area contributed by atoms with Crippen LogP contribution in [0.25, 0.3) is 10.9 Å². The lowest BCUT2D eigenvalue weighted by Crippen LogP contribution is -2.43. The normalized spacial score (nSPS) is 13.2. The number of aryl methyl sites for hydroxylation is 1. The third-order valence-corrected chi connectivity index (χ3v) is 8.97. The van der Waals surface area contributed by atoms with Gasteiger partial charge in [0.2, 0.25) is 11.8 Å². The van der Waals surface area contributed by atoms with E-state index in [4.69, 9.17) is 14.2 Å². The summed E-state index contributed by atoms with van der Waals surface area (Å²) in [5.41, 5.74) is 2.25. The fraction of sp³-hybridized carbons (Fsp3) is 0.410. The van der Waals surface area contributed by atoms with E-state index in [-0.39, 0.29) is 11.8 Å². The lowest BCUT2D eigenvalue weighted by Gasteiger charge is -2.27. The maximum Gasteiger partial charge on any atom is 0.242 e. The van der Waals surface area contributed by atoms with Gasteiger partial charge in [-0.2, -0.15) is 0 Å². The highest BCUT2D eigenvalue weighted by Crippen LogP contribution is 2.49. The van der Waals surface area contributed by atoms with Crippen LogP contribution in [0.15, 0.2) is 72.9 Å². The number of carbonyl (C=O) groups is 2. The van der Waals surface area contributed by atoms with Gasteiger partial charge in [-0.3, -0.25) is 14.6 Å². The fourth-order valence-corrected chi connectivity index (χ4v) is 5.92. The summed E-state index contributed by atoms with van der Waals surface area (Å²) in [6.07, 6.45) is 12.1. The van der Waals surface area contributed by atoms with Crippen molar-refractivity contribution in [1.82, 2.24) is 4.98 Å². The van der Waals surface area contributed by atoms with Crippen molar-refractivity contribution in [3.05, 3.63) is 78.5 Å².